The van der Waals surface area contributed by atoms with E-state index in [1.807, 2.05) is 0 Å². The third-order valence-electron chi connectivity index (χ3n) is 8.73. The van der Waals surface area contributed by atoms with Gasteiger partial charge in [0, 0.05) is 26.4 Å². The monoisotopic (exact) mass is 785 g/mol. The van der Waals surface area contributed by atoms with Crippen molar-refractivity contribution in [2.24, 2.45) is 0 Å². The molecule has 0 aromatic carbocycles. The standard InChI is InChI=1S/C30H53NO19S.Na/c1-15-12-17(35)22(37)29(45-15)49-26-21(31-16(2)34)28(44-11-9-7-5-4-6-8-10-20(36)43-3)47-19(14-33)25(26)48-30-24(39)27(50-51(40,41)42)23(38)18(13-32)46-30;/h15,17-19,21-30,32-33,35,37-39H,4-14H2,1-3H3,(H,31,34)(H,40,41,42);/q;+1/p-1/t15-,17+,18+,19+,21+,22-,23-,24+,25+,26+,27-,28+,29-,30-;/m0./s1. The van der Waals surface area contributed by atoms with Crippen LogP contribution >= 0.6 is 0 Å². The molecule has 3 aliphatic rings. The Morgan fingerprint density at radius 1 is 0.808 bits per heavy atom. The van der Waals surface area contributed by atoms with Gasteiger partial charge in [-0.3, -0.25) is 13.8 Å². The van der Waals surface area contributed by atoms with Crippen molar-refractivity contribution in [3.05, 3.63) is 0 Å². The fourth-order valence-electron chi connectivity index (χ4n) is 6.15. The van der Waals surface area contributed by atoms with Crippen LogP contribution in [-0.4, -0.2) is 168 Å². The fraction of sp³-hybridized carbons (Fsp3) is 0.933. The van der Waals surface area contributed by atoms with Gasteiger partial charge in [0.05, 0.1) is 32.5 Å². The zero-order valence-electron chi connectivity index (χ0n) is 29.8. The van der Waals surface area contributed by atoms with Crippen molar-refractivity contribution in [1.29, 1.82) is 0 Å². The molecule has 1 amide bonds. The van der Waals surface area contributed by atoms with Gasteiger partial charge in [-0.15, -0.1) is 0 Å². The second-order valence-electron chi connectivity index (χ2n) is 12.8. The van der Waals surface area contributed by atoms with Crippen LogP contribution in [0.15, 0.2) is 0 Å². The smallest absolute Gasteiger partial charge is 0.726 e. The third-order valence-corrected chi connectivity index (χ3v) is 9.19. The van der Waals surface area contributed by atoms with Crippen molar-refractivity contribution < 1.29 is 120 Å². The molecule has 0 aromatic heterocycles. The molecular weight excluding hydrogens is 733 g/mol. The number of esters is 1. The Morgan fingerprint density at radius 2 is 1.38 bits per heavy atom. The fourth-order valence-corrected chi connectivity index (χ4v) is 6.65. The Morgan fingerprint density at radius 3 is 1.98 bits per heavy atom. The first-order chi connectivity index (χ1) is 24.1. The minimum atomic E-state index is -5.49. The van der Waals surface area contributed by atoms with E-state index < -0.39 is 115 Å². The SMILES string of the molecule is COC(=O)CCCCCCCCO[C@@H]1O[C@H](CO)[C@@H](O[C@@H]2O[C@H](CO)[C@H](O)[C@H](OS(=O)(=O)[O-])[C@H]2O)[C@H](O[C@@H]2O[C@@H](C)C[C@@H](O)[C@@H]2O)[C@H]1NC(C)=O.[Na+]. The van der Waals surface area contributed by atoms with Gasteiger partial charge in [-0.1, -0.05) is 25.7 Å². The Bertz CT molecular complexity index is 1190. The molecule has 0 saturated carbocycles. The predicted molar refractivity (Wildman–Crippen MR) is 167 cm³/mol. The minimum Gasteiger partial charge on any atom is -0.726 e. The van der Waals surface area contributed by atoms with Crippen LogP contribution in [0.25, 0.3) is 0 Å². The maximum atomic E-state index is 12.5. The van der Waals surface area contributed by atoms with E-state index in [2.05, 4.69) is 14.2 Å². The molecule has 20 nitrogen and oxygen atoms in total. The summed E-state index contributed by atoms with van der Waals surface area (Å²) in [5.74, 6) is -0.858. The van der Waals surface area contributed by atoms with E-state index in [0.29, 0.717) is 19.3 Å². The number of rotatable bonds is 19. The molecule has 3 saturated heterocycles. The summed E-state index contributed by atoms with van der Waals surface area (Å²) >= 11 is 0. The summed E-state index contributed by atoms with van der Waals surface area (Å²) in [6, 6.07) is -1.27. The van der Waals surface area contributed by atoms with E-state index in [1.54, 1.807) is 6.92 Å². The molecule has 14 atom stereocenters. The molecule has 0 aromatic rings. The summed E-state index contributed by atoms with van der Waals surface area (Å²) in [6.45, 7) is 1.20. The Hall–Kier alpha value is -0.670. The number of aliphatic hydroxyl groups is 6. The molecule has 0 aliphatic carbocycles. The van der Waals surface area contributed by atoms with E-state index in [-0.39, 0.29) is 48.6 Å². The summed E-state index contributed by atoms with van der Waals surface area (Å²) < 4.78 is 78.5. The number of hydrogen-bond acceptors (Lipinski definition) is 19. The van der Waals surface area contributed by atoms with Gasteiger partial charge in [0.2, 0.25) is 16.3 Å². The maximum absolute atomic E-state index is 12.5. The first-order valence-electron chi connectivity index (χ1n) is 16.9. The second kappa shape index (κ2) is 22.8. The summed E-state index contributed by atoms with van der Waals surface area (Å²) in [5.41, 5.74) is 0. The topological polar surface area (TPSA) is 299 Å². The Labute approximate surface area is 324 Å². The van der Waals surface area contributed by atoms with Crippen LogP contribution < -0.4 is 34.9 Å². The van der Waals surface area contributed by atoms with Gasteiger partial charge in [0.1, 0.15) is 54.9 Å². The Kier molecular flexibility index (Phi) is 20.8. The van der Waals surface area contributed by atoms with Gasteiger partial charge in [0.25, 0.3) is 0 Å². The molecule has 3 aliphatic heterocycles. The van der Waals surface area contributed by atoms with E-state index in [9.17, 15) is 53.2 Å². The Balaban J connectivity index is 0.00000936. The molecule has 298 valence electrons. The number of carbonyl (C=O) groups excluding carboxylic acids is 2. The number of amides is 1. The largest absolute Gasteiger partial charge is 1.00 e. The summed E-state index contributed by atoms with van der Waals surface area (Å²) in [5, 5.41) is 65.4. The van der Waals surface area contributed by atoms with Crippen molar-refractivity contribution in [3.8, 4) is 0 Å². The maximum Gasteiger partial charge on any atom is 1.00 e. The van der Waals surface area contributed by atoms with Crippen LogP contribution in [0.5, 0.6) is 0 Å². The van der Waals surface area contributed by atoms with Crippen LogP contribution in [0, 0.1) is 0 Å². The average Bonchev–Trinajstić information content (AvgIpc) is 3.06. The quantitative estimate of drug-likeness (QED) is 0.0211. The summed E-state index contributed by atoms with van der Waals surface area (Å²) in [4.78, 5) is 23.8. The number of hydrogen-bond donors (Lipinski definition) is 7. The van der Waals surface area contributed by atoms with Crippen molar-refractivity contribution in [1.82, 2.24) is 5.32 Å². The van der Waals surface area contributed by atoms with Gasteiger partial charge >= 0.3 is 35.5 Å². The van der Waals surface area contributed by atoms with Crippen LogP contribution in [-0.2, 0) is 57.3 Å². The van der Waals surface area contributed by atoms with E-state index in [1.165, 1.54) is 14.0 Å². The van der Waals surface area contributed by atoms with E-state index >= 15 is 0 Å². The number of unbranched alkanes of at least 4 members (excludes halogenated alkanes) is 5. The second-order valence-corrected chi connectivity index (χ2v) is 13.8. The predicted octanol–water partition coefficient (Wildman–Crippen LogP) is -5.96. The molecule has 0 spiro atoms. The molecule has 0 unspecified atom stereocenters. The number of carbonyl (C=O) groups is 2. The zero-order valence-corrected chi connectivity index (χ0v) is 32.6. The van der Waals surface area contributed by atoms with Crippen LogP contribution in [0.2, 0.25) is 0 Å². The third kappa shape index (κ3) is 14.1. The molecule has 3 fully saturated rings. The van der Waals surface area contributed by atoms with Crippen molar-refractivity contribution in [2.45, 2.75) is 151 Å². The van der Waals surface area contributed by atoms with Crippen LogP contribution in [0.1, 0.15) is 65.2 Å². The van der Waals surface area contributed by atoms with Gasteiger partial charge in [-0.25, -0.2) is 8.42 Å². The molecule has 0 bridgehead atoms. The molecule has 3 rings (SSSR count). The molecular formula is C30H52NNaO19S. The minimum absolute atomic E-state index is 0. The van der Waals surface area contributed by atoms with Crippen LogP contribution in [0.4, 0.5) is 0 Å². The van der Waals surface area contributed by atoms with Crippen molar-refractivity contribution >= 4 is 22.3 Å². The van der Waals surface area contributed by atoms with Crippen LogP contribution in [0.3, 0.4) is 0 Å². The first kappa shape index (κ1) is 47.5. The molecule has 3 heterocycles. The van der Waals surface area contributed by atoms with Gasteiger partial charge in [0.15, 0.2) is 18.9 Å². The first-order valence-corrected chi connectivity index (χ1v) is 18.2. The number of methoxy groups -OCH3 is 1. The van der Waals surface area contributed by atoms with Gasteiger partial charge in [-0.05, 0) is 19.8 Å². The molecule has 52 heavy (non-hydrogen) atoms. The molecule has 0 radical (unpaired) electrons. The number of nitrogens with one attached hydrogen (secondary N) is 1. The van der Waals surface area contributed by atoms with Crippen molar-refractivity contribution in [3.63, 3.8) is 0 Å². The number of aliphatic hydroxyl groups excluding tert-OH is 6. The van der Waals surface area contributed by atoms with Gasteiger partial charge < -0.3 is 73.7 Å². The number of ether oxygens (including phenoxy) is 7. The van der Waals surface area contributed by atoms with Gasteiger partial charge in [-0.2, -0.15) is 0 Å². The van der Waals surface area contributed by atoms with E-state index in [4.69, 9.17) is 28.4 Å². The summed E-state index contributed by atoms with van der Waals surface area (Å²) in [6.07, 6.45) is -15.7. The average molecular weight is 786 g/mol. The van der Waals surface area contributed by atoms with Crippen molar-refractivity contribution in [2.75, 3.05) is 26.9 Å². The summed E-state index contributed by atoms with van der Waals surface area (Å²) in [7, 11) is -4.16. The molecule has 7 N–H and O–H groups in total. The molecule has 22 heteroatoms. The van der Waals surface area contributed by atoms with E-state index in [0.717, 1.165) is 25.7 Å². The normalized spacial score (nSPS) is 36.8. The zero-order chi connectivity index (χ0) is 37.9.